The maximum Gasteiger partial charge on any atom is 0.199 e. The van der Waals surface area contributed by atoms with Gasteiger partial charge >= 0.3 is 0 Å². The summed E-state index contributed by atoms with van der Waals surface area (Å²) in [6.45, 7) is 0.673. The molecule has 0 radical (unpaired) electrons. The van der Waals surface area contributed by atoms with Crippen molar-refractivity contribution in [3.05, 3.63) is 53.6 Å². The zero-order valence-electron chi connectivity index (χ0n) is 16.0. The van der Waals surface area contributed by atoms with Gasteiger partial charge in [0.1, 0.15) is 23.0 Å². The predicted molar refractivity (Wildman–Crippen MR) is 105 cm³/mol. The first kappa shape index (κ1) is 19.8. The number of methoxy groups -OCH3 is 2. The molecule has 1 atom stereocenters. The predicted octanol–water partition coefficient (Wildman–Crippen LogP) is 4.21. The van der Waals surface area contributed by atoms with Crippen molar-refractivity contribution in [1.82, 2.24) is 0 Å². The summed E-state index contributed by atoms with van der Waals surface area (Å²) in [6.07, 6.45) is 5.62. The molecule has 1 fully saturated rings. The number of allylic oxidation sites excluding steroid dienone is 1. The van der Waals surface area contributed by atoms with Gasteiger partial charge in [0.05, 0.1) is 26.4 Å². The molecule has 3 rings (SSSR count). The average Bonchev–Trinajstić information content (AvgIpc) is 2.72. The minimum atomic E-state index is -0.323. The van der Waals surface area contributed by atoms with Crippen molar-refractivity contribution in [2.45, 2.75) is 25.6 Å². The van der Waals surface area contributed by atoms with Crippen LogP contribution in [0.3, 0.4) is 0 Å². The van der Waals surface area contributed by atoms with E-state index in [1.165, 1.54) is 12.1 Å². The van der Waals surface area contributed by atoms with E-state index in [9.17, 15) is 9.90 Å². The molecule has 1 aliphatic heterocycles. The largest absolute Gasteiger partial charge is 0.507 e. The summed E-state index contributed by atoms with van der Waals surface area (Å²) >= 11 is 0. The standard InChI is InChI=1S/C22H24O6/c1-25-16-8-6-15(21(14-16)26-2)7-11-19(23)18-10-9-17(13-20(18)24)28-22-5-3-4-12-27-22/h6-11,13-14,22,24H,3-5,12H2,1-2H3/b11-7+. The molecule has 1 aliphatic rings. The Morgan fingerprint density at radius 1 is 1.11 bits per heavy atom. The number of ketones is 1. The van der Waals surface area contributed by atoms with E-state index in [0.717, 1.165) is 24.8 Å². The third kappa shape index (κ3) is 4.84. The van der Waals surface area contributed by atoms with Crippen molar-refractivity contribution < 1.29 is 28.8 Å². The van der Waals surface area contributed by atoms with Crippen LogP contribution in [0.15, 0.2) is 42.5 Å². The molecule has 1 unspecified atom stereocenters. The number of carbonyl (C=O) groups excluding carboxylic acids is 1. The van der Waals surface area contributed by atoms with Gasteiger partial charge in [0.15, 0.2) is 12.1 Å². The van der Waals surface area contributed by atoms with Gasteiger partial charge in [-0.15, -0.1) is 0 Å². The molecular weight excluding hydrogens is 360 g/mol. The summed E-state index contributed by atoms with van der Waals surface area (Å²) in [7, 11) is 3.12. The number of phenolic OH excluding ortho intramolecular Hbond substituents is 1. The number of hydrogen-bond donors (Lipinski definition) is 1. The van der Waals surface area contributed by atoms with Gasteiger partial charge < -0.3 is 24.1 Å². The van der Waals surface area contributed by atoms with Crippen LogP contribution < -0.4 is 14.2 Å². The summed E-state index contributed by atoms with van der Waals surface area (Å²) < 4.78 is 21.7. The van der Waals surface area contributed by atoms with Gasteiger partial charge in [0.25, 0.3) is 0 Å². The van der Waals surface area contributed by atoms with E-state index in [2.05, 4.69) is 0 Å². The molecule has 2 aromatic rings. The maximum absolute atomic E-state index is 12.5. The van der Waals surface area contributed by atoms with Gasteiger partial charge in [-0.2, -0.15) is 0 Å². The number of benzene rings is 2. The van der Waals surface area contributed by atoms with Crippen LogP contribution in [-0.4, -0.2) is 38.0 Å². The number of rotatable bonds is 7. The molecule has 0 amide bonds. The Hall–Kier alpha value is -2.99. The molecule has 0 aliphatic carbocycles. The average molecular weight is 384 g/mol. The van der Waals surface area contributed by atoms with Gasteiger partial charge in [-0.05, 0) is 49.3 Å². The van der Waals surface area contributed by atoms with Crippen LogP contribution in [0.5, 0.6) is 23.0 Å². The van der Waals surface area contributed by atoms with Crippen molar-refractivity contribution >= 4 is 11.9 Å². The van der Waals surface area contributed by atoms with Crippen molar-refractivity contribution in [3.8, 4) is 23.0 Å². The Bertz CT molecular complexity index is 852. The second-order valence-corrected chi connectivity index (χ2v) is 6.40. The lowest BCUT2D eigenvalue weighted by Crippen LogP contribution is -2.24. The van der Waals surface area contributed by atoms with Gasteiger partial charge in [0, 0.05) is 24.1 Å². The molecule has 1 N–H and O–H groups in total. The summed E-state index contributed by atoms with van der Waals surface area (Å²) in [5, 5.41) is 10.2. The van der Waals surface area contributed by atoms with Gasteiger partial charge in [-0.3, -0.25) is 4.79 Å². The maximum atomic E-state index is 12.5. The van der Waals surface area contributed by atoms with E-state index in [1.54, 1.807) is 50.6 Å². The van der Waals surface area contributed by atoms with Crippen LogP contribution in [0.4, 0.5) is 0 Å². The van der Waals surface area contributed by atoms with E-state index < -0.39 is 0 Å². The summed E-state index contributed by atoms with van der Waals surface area (Å²) in [5.41, 5.74) is 0.922. The molecular formula is C22H24O6. The molecule has 148 valence electrons. The first-order valence-corrected chi connectivity index (χ1v) is 9.16. The minimum Gasteiger partial charge on any atom is -0.507 e. The summed E-state index contributed by atoms with van der Waals surface area (Å²) in [4.78, 5) is 12.5. The van der Waals surface area contributed by atoms with Crippen molar-refractivity contribution in [2.24, 2.45) is 0 Å². The molecule has 6 nitrogen and oxygen atoms in total. The Morgan fingerprint density at radius 3 is 2.61 bits per heavy atom. The van der Waals surface area contributed by atoms with Crippen molar-refractivity contribution in [2.75, 3.05) is 20.8 Å². The SMILES string of the molecule is COc1ccc(/C=C/C(=O)c2ccc(OC3CCCCO3)cc2O)c(OC)c1. The smallest absolute Gasteiger partial charge is 0.199 e. The monoisotopic (exact) mass is 384 g/mol. The van der Waals surface area contributed by atoms with E-state index >= 15 is 0 Å². The third-order valence-corrected chi connectivity index (χ3v) is 4.50. The first-order valence-electron chi connectivity index (χ1n) is 9.16. The Balaban J connectivity index is 1.71. The van der Waals surface area contributed by atoms with E-state index in [-0.39, 0.29) is 23.4 Å². The van der Waals surface area contributed by atoms with Gasteiger partial charge in [0.2, 0.25) is 0 Å². The van der Waals surface area contributed by atoms with Gasteiger partial charge in [-0.25, -0.2) is 0 Å². The number of aromatic hydroxyl groups is 1. The molecule has 1 saturated heterocycles. The van der Waals surface area contributed by atoms with Crippen LogP contribution in [0.2, 0.25) is 0 Å². The lowest BCUT2D eigenvalue weighted by atomic mass is 10.1. The van der Waals surface area contributed by atoms with E-state index in [0.29, 0.717) is 23.9 Å². The molecule has 0 saturated carbocycles. The summed E-state index contributed by atoms with van der Waals surface area (Å²) in [5.74, 6) is 1.27. The highest BCUT2D eigenvalue weighted by atomic mass is 16.7. The van der Waals surface area contributed by atoms with Crippen molar-refractivity contribution in [1.29, 1.82) is 0 Å². The second-order valence-electron chi connectivity index (χ2n) is 6.40. The van der Waals surface area contributed by atoms with Crippen LogP contribution in [-0.2, 0) is 4.74 Å². The number of hydrogen-bond acceptors (Lipinski definition) is 6. The Labute approximate surface area is 164 Å². The highest BCUT2D eigenvalue weighted by Gasteiger charge is 2.17. The van der Waals surface area contributed by atoms with Crippen LogP contribution in [0.1, 0.15) is 35.2 Å². The normalized spacial score (nSPS) is 16.7. The highest BCUT2D eigenvalue weighted by Crippen LogP contribution is 2.28. The van der Waals surface area contributed by atoms with Gasteiger partial charge in [-0.1, -0.05) is 0 Å². The number of carbonyl (C=O) groups is 1. The van der Waals surface area contributed by atoms with Crippen molar-refractivity contribution in [3.63, 3.8) is 0 Å². The molecule has 0 spiro atoms. The molecule has 1 heterocycles. The topological polar surface area (TPSA) is 74.2 Å². The van der Waals surface area contributed by atoms with E-state index in [4.69, 9.17) is 18.9 Å². The quantitative estimate of drug-likeness (QED) is 0.569. The number of phenols is 1. The van der Waals surface area contributed by atoms with Crippen LogP contribution in [0.25, 0.3) is 6.08 Å². The third-order valence-electron chi connectivity index (χ3n) is 4.50. The first-order chi connectivity index (χ1) is 13.6. The highest BCUT2D eigenvalue weighted by molar-refractivity contribution is 6.08. The number of ether oxygens (including phenoxy) is 4. The fraction of sp³-hybridized carbons (Fsp3) is 0.318. The lowest BCUT2D eigenvalue weighted by Gasteiger charge is -2.23. The molecule has 0 bridgehead atoms. The van der Waals surface area contributed by atoms with Crippen LogP contribution >= 0.6 is 0 Å². The minimum absolute atomic E-state index is 0.135. The zero-order valence-corrected chi connectivity index (χ0v) is 16.0. The Kier molecular flexibility index (Phi) is 6.55. The summed E-state index contributed by atoms with van der Waals surface area (Å²) in [6, 6.07) is 9.96. The fourth-order valence-electron chi connectivity index (χ4n) is 2.96. The molecule has 28 heavy (non-hydrogen) atoms. The fourth-order valence-corrected chi connectivity index (χ4v) is 2.96. The van der Waals surface area contributed by atoms with Crippen LogP contribution in [0, 0.1) is 0 Å². The molecule has 0 aromatic heterocycles. The zero-order chi connectivity index (χ0) is 19.9. The molecule has 6 heteroatoms. The second kappa shape index (κ2) is 9.28. The lowest BCUT2D eigenvalue weighted by molar-refractivity contribution is -0.105. The van der Waals surface area contributed by atoms with E-state index in [1.807, 2.05) is 0 Å². The molecule has 2 aromatic carbocycles. The Morgan fingerprint density at radius 2 is 1.93 bits per heavy atom.